The van der Waals surface area contributed by atoms with E-state index in [1.54, 1.807) is 0 Å². The van der Waals surface area contributed by atoms with Gasteiger partial charge in [-0.25, -0.2) is 0 Å². The smallest absolute Gasteiger partial charge is 0.127 e. The van der Waals surface area contributed by atoms with E-state index in [2.05, 4.69) is 58.1 Å². The molecule has 1 unspecified atom stereocenters. The van der Waals surface area contributed by atoms with Crippen LogP contribution < -0.4 is 10.1 Å². The van der Waals surface area contributed by atoms with Crippen LogP contribution in [0.4, 0.5) is 0 Å². The standard InChI is InChI=1S/C16H27NO/c1-6-8-14(5)18-16-13(4)9-7-10-15(16)11-17-12(2)3/h7,9-10,12,14,17H,6,8,11H2,1-5H3. The molecule has 18 heavy (non-hydrogen) atoms. The van der Waals surface area contributed by atoms with Crippen molar-refractivity contribution in [1.29, 1.82) is 0 Å². The van der Waals surface area contributed by atoms with Crippen molar-refractivity contribution in [2.24, 2.45) is 0 Å². The molecule has 0 saturated heterocycles. The van der Waals surface area contributed by atoms with E-state index in [9.17, 15) is 0 Å². The molecule has 0 radical (unpaired) electrons. The third-order valence-corrected chi connectivity index (χ3v) is 3.01. The molecule has 1 aromatic rings. The van der Waals surface area contributed by atoms with Crippen LogP contribution in [0.1, 0.15) is 51.7 Å². The Morgan fingerprint density at radius 1 is 1.22 bits per heavy atom. The first-order valence-electron chi connectivity index (χ1n) is 7.03. The molecular weight excluding hydrogens is 222 g/mol. The highest BCUT2D eigenvalue weighted by molar-refractivity contribution is 5.40. The molecule has 1 rings (SSSR count). The quantitative estimate of drug-likeness (QED) is 0.787. The lowest BCUT2D eigenvalue weighted by molar-refractivity contribution is 0.206. The van der Waals surface area contributed by atoms with Crippen molar-refractivity contribution >= 4 is 0 Å². The summed E-state index contributed by atoms with van der Waals surface area (Å²) in [5, 5.41) is 3.45. The van der Waals surface area contributed by atoms with Gasteiger partial charge in [-0.2, -0.15) is 0 Å². The van der Waals surface area contributed by atoms with Crippen LogP contribution in [0.5, 0.6) is 5.75 Å². The Bertz CT molecular complexity index is 360. The Kier molecular flexibility index (Phi) is 6.20. The maximum absolute atomic E-state index is 6.11. The summed E-state index contributed by atoms with van der Waals surface area (Å²) in [5.74, 6) is 1.06. The maximum Gasteiger partial charge on any atom is 0.127 e. The van der Waals surface area contributed by atoms with E-state index in [-0.39, 0.29) is 6.10 Å². The molecule has 1 atom stereocenters. The topological polar surface area (TPSA) is 21.3 Å². The predicted molar refractivity (Wildman–Crippen MR) is 78.2 cm³/mol. The number of para-hydroxylation sites is 1. The molecule has 0 aliphatic heterocycles. The first-order chi connectivity index (χ1) is 8.54. The fourth-order valence-corrected chi connectivity index (χ4v) is 2.00. The number of ether oxygens (including phenoxy) is 1. The van der Waals surface area contributed by atoms with Crippen LogP contribution in [0.15, 0.2) is 18.2 Å². The Labute approximate surface area is 112 Å². The minimum atomic E-state index is 0.286. The van der Waals surface area contributed by atoms with Crippen molar-refractivity contribution < 1.29 is 4.74 Å². The van der Waals surface area contributed by atoms with Crippen molar-refractivity contribution in [1.82, 2.24) is 5.32 Å². The monoisotopic (exact) mass is 249 g/mol. The molecule has 2 heteroatoms. The highest BCUT2D eigenvalue weighted by Crippen LogP contribution is 2.25. The first-order valence-corrected chi connectivity index (χ1v) is 7.03. The zero-order chi connectivity index (χ0) is 13.5. The number of hydrogen-bond donors (Lipinski definition) is 1. The second-order valence-corrected chi connectivity index (χ2v) is 5.32. The molecule has 1 N–H and O–H groups in total. The summed E-state index contributed by atoms with van der Waals surface area (Å²) in [4.78, 5) is 0. The molecule has 0 aliphatic carbocycles. The van der Waals surface area contributed by atoms with Crippen molar-refractivity contribution in [2.45, 2.75) is 66.2 Å². The number of nitrogens with one attached hydrogen (secondary N) is 1. The van der Waals surface area contributed by atoms with Gasteiger partial charge in [-0.1, -0.05) is 45.4 Å². The summed E-state index contributed by atoms with van der Waals surface area (Å²) in [6, 6.07) is 6.86. The van der Waals surface area contributed by atoms with E-state index in [1.807, 2.05) is 0 Å². The van der Waals surface area contributed by atoms with Crippen LogP contribution in [0, 0.1) is 6.92 Å². The second kappa shape index (κ2) is 7.42. The molecule has 0 amide bonds. The van der Waals surface area contributed by atoms with E-state index in [0.717, 1.165) is 25.1 Å². The van der Waals surface area contributed by atoms with Gasteiger partial charge in [0.05, 0.1) is 6.10 Å². The summed E-state index contributed by atoms with van der Waals surface area (Å²) in [5.41, 5.74) is 2.48. The van der Waals surface area contributed by atoms with Gasteiger partial charge in [-0.15, -0.1) is 0 Å². The Morgan fingerprint density at radius 3 is 2.56 bits per heavy atom. The van der Waals surface area contributed by atoms with Gasteiger partial charge >= 0.3 is 0 Å². The number of benzene rings is 1. The van der Waals surface area contributed by atoms with Crippen molar-refractivity contribution in [3.05, 3.63) is 29.3 Å². The lowest BCUT2D eigenvalue weighted by atomic mass is 10.1. The first kappa shape index (κ1) is 15.0. The minimum absolute atomic E-state index is 0.286. The molecule has 1 aromatic carbocycles. The van der Waals surface area contributed by atoms with Gasteiger partial charge in [0.2, 0.25) is 0 Å². The third-order valence-electron chi connectivity index (χ3n) is 3.01. The number of hydrogen-bond acceptors (Lipinski definition) is 2. The zero-order valence-electron chi connectivity index (χ0n) is 12.4. The Balaban J connectivity index is 2.79. The zero-order valence-corrected chi connectivity index (χ0v) is 12.4. The van der Waals surface area contributed by atoms with Crippen molar-refractivity contribution in [3.63, 3.8) is 0 Å². The van der Waals surface area contributed by atoms with E-state index >= 15 is 0 Å². The molecule has 0 spiro atoms. The van der Waals surface area contributed by atoms with Gasteiger partial charge in [0.15, 0.2) is 0 Å². The van der Waals surface area contributed by atoms with E-state index in [4.69, 9.17) is 4.74 Å². The van der Waals surface area contributed by atoms with Crippen LogP contribution in [-0.2, 0) is 6.54 Å². The molecule has 0 aromatic heterocycles. The van der Waals surface area contributed by atoms with Crippen molar-refractivity contribution in [3.8, 4) is 5.75 Å². The van der Waals surface area contributed by atoms with Gasteiger partial charge in [0.1, 0.15) is 5.75 Å². The van der Waals surface area contributed by atoms with Gasteiger partial charge in [-0.3, -0.25) is 0 Å². The normalized spacial score (nSPS) is 12.8. The van der Waals surface area contributed by atoms with Crippen LogP contribution in [0.3, 0.4) is 0 Å². The average Bonchev–Trinajstić information content (AvgIpc) is 2.30. The van der Waals surface area contributed by atoms with Gasteiger partial charge < -0.3 is 10.1 Å². The minimum Gasteiger partial charge on any atom is -0.490 e. The predicted octanol–water partition coefficient (Wildman–Crippen LogP) is 4.06. The van der Waals surface area contributed by atoms with Crippen LogP contribution in [0.2, 0.25) is 0 Å². The largest absolute Gasteiger partial charge is 0.490 e. The molecule has 0 bridgehead atoms. The molecule has 2 nitrogen and oxygen atoms in total. The van der Waals surface area contributed by atoms with Gasteiger partial charge in [0, 0.05) is 18.2 Å². The SMILES string of the molecule is CCCC(C)Oc1c(C)cccc1CNC(C)C. The van der Waals surface area contributed by atoms with Crippen LogP contribution in [-0.4, -0.2) is 12.1 Å². The highest BCUT2D eigenvalue weighted by Gasteiger charge is 2.10. The maximum atomic E-state index is 6.11. The molecule has 0 aliphatic rings. The third kappa shape index (κ3) is 4.69. The Hall–Kier alpha value is -1.02. The van der Waals surface area contributed by atoms with E-state index in [1.165, 1.54) is 11.1 Å². The number of aryl methyl sites for hydroxylation is 1. The van der Waals surface area contributed by atoms with E-state index in [0.29, 0.717) is 6.04 Å². The molecule has 0 heterocycles. The fraction of sp³-hybridized carbons (Fsp3) is 0.625. The van der Waals surface area contributed by atoms with Gasteiger partial charge in [-0.05, 0) is 25.8 Å². The summed E-state index contributed by atoms with van der Waals surface area (Å²) >= 11 is 0. The molecular formula is C16H27NO. The van der Waals surface area contributed by atoms with Crippen molar-refractivity contribution in [2.75, 3.05) is 0 Å². The van der Waals surface area contributed by atoms with Gasteiger partial charge in [0.25, 0.3) is 0 Å². The summed E-state index contributed by atoms with van der Waals surface area (Å²) < 4.78 is 6.11. The lowest BCUT2D eigenvalue weighted by Gasteiger charge is -2.20. The van der Waals surface area contributed by atoms with Crippen LogP contribution in [0.25, 0.3) is 0 Å². The molecule has 0 saturated carbocycles. The van der Waals surface area contributed by atoms with Crippen LogP contribution >= 0.6 is 0 Å². The number of rotatable bonds is 7. The average molecular weight is 249 g/mol. The summed E-state index contributed by atoms with van der Waals surface area (Å²) in [7, 11) is 0. The van der Waals surface area contributed by atoms with E-state index < -0.39 is 0 Å². The fourth-order valence-electron chi connectivity index (χ4n) is 2.00. The Morgan fingerprint density at radius 2 is 1.94 bits per heavy atom. The summed E-state index contributed by atoms with van der Waals surface area (Å²) in [6.45, 7) is 11.7. The molecule has 0 fully saturated rings. The lowest BCUT2D eigenvalue weighted by Crippen LogP contribution is -2.23. The highest BCUT2D eigenvalue weighted by atomic mass is 16.5. The summed E-state index contributed by atoms with van der Waals surface area (Å²) in [6.07, 6.45) is 2.55. The molecule has 102 valence electrons. The second-order valence-electron chi connectivity index (χ2n) is 5.32.